The van der Waals surface area contributed by atoms with Gasteiger partial charge in [-0.3, -0.25) is 14.1 Å². The molecule has 0 saturated carbocycles. The minimum Gasteiger partial charge on any atom is -0.478 e. The van der Waals surface area contributed by atoms with Gasteiger partial charge in [-0.2, -0.15) is 0 Å². The Morgan fingerprint density at radius 2 is 1.06 bits per heavy atom. The van der Waals surface area contributed by atoms with Crippen LogP contribution in [0.5, 0.6) is 0 Å². The number of rotatable bonds is 2. The first kappa shape index (κ1) is 23.7. The maximum absolute atomic E-state index is 10.5. The highest BCUT2D eigenvalue weighted by Crippen LogP contribution is 2.07. The summed E-state index contributed by atoms with van der Waals surface area (Å²) < 4.78 is 0. The monoisotopic (exact) mass is 237 g/mol. The van der Waals surface area contributed by atoms with Crippen molar-refractivity contribution in [2.45, 2.75) is 0 Å². The van der Waals surface area contributed by atoms with Crippen molar-refractivity contribution in [3.63, 3.8) is 0 Å². The number of halogens is 3. The molecule has 4 nitrogen and oxygen atoms in total. The summed E-state index contributed by atoms with van der Waals surface area (Å²) in [7, 11) is 0. The van der Waals surface area contributed by atoms with Crippen molar-refractivity contribution in [2.75, 3.05) is 0 Å². The third-order valence-corrected chi connectivity index (χ3v) is 1.39. The SMILES string of the molecule is F.F.F.O=C(O)c1ccccc1C(=O)O.[B]. The summed E-state index contributed by atoms with van der Waals surface area (Å²) in [5.74, 6) is -2.46. The van der Waals surface area contributed by atoms with Gasteiger partial charge in [-0.15, -0.1) is 0 Å². The van der Waals surface area contributed by atoms with Gasteiger partial charge >= 0.3 is 11.9 Å². The van der Waals surface area contributed by atoms with E-state index in [9.17, 15) is 9.59 Å². The van der Waals surface area contributed by atoms with Gasteiger partial charge in [0.05, 0.1) is 11.1 Å². The minimum atomic E-state index is -1.23. The Labute approximate surface area is 90.6 Å². The second kappa shape index (κ2) is 9.57. The van der Waals surface area contributed by atoms with Gasteiger partial charge in [-0.05, 0) is 12.1 Å². The number of carboxylic acid groups (broad SMARTS) is 2. The molecule has 0 fully saturated rings. The van der Waals surface area contributed by atoms with Gasteiger partial charge in [-0.1, -0.05) is 12.1 Å². The van der Waals surface area contributed by atoms with Crippen LogP contribution >= 0.6 is 0 Å². The molecule has 1 rings (SSSR count). The third-order valence-electron chi connectivity index (χ3n) is 1.39. The second-order valence-corrected chi connectivity index (χ2v) is 2.16. The quantitative estimate of drug-likeness (QED) is 0.756. The normalized spacial score (nSPS) is 7.00. The number of carbonyl (C=O) groups is 2. The van der Waals surface area contributed by atoms with Crippen molar-refractivity contribution < 1.29 is 33.9 Å². The van der Waals surface area contributed by atoms with E-state index < -0.39 is 11.9 Å². The molecule has 16 heavy (non-hydrogen) atoms. The summed E-state index contributed by atoms with van der Waals surface area (Å²) in [5, 5.41) is 17.1. The number of carboxylic acids is 2. The van der Waals surface area contributed by atoms with Crippen LogP contribution in [0.15, 0.2) is 24.3 Å². The van der Waals surface area contributed by atoms with Crippen molar-refractivity contribution in [1.82, 2.24) is 0 Å². The van der Waals surface area contributed by atoms with Crippen LogP contribution in [0.2, 0.25) is 0 Å². The van der Waals surface area contributed by atoms with Gasteiger partial charge in [0.1, 0.15) is 0 Å². The zero-order valence-corrected chi connectivity index (χ0v) is 7.82. The molecule has 8 heteroatoms. The third kappa shape index (κ3) is 5.04. The van der Waals surface area contributed by atoms with Gasteiger partial charge in [-0.25, -0.2) is 9.59 Å². The van der Waals surface area contributed by atoms with E-state index in [-0.39, 0.29) is 33.7 Å². The van der Waals surface area contributed by atoms with Crippen molar-refractivity contribution in [3.8, 4) is 0 Å². The van der Waals surface area contributed by atoms with E-state index in [4.69, 9.17) is 10.2 Å². The maximum atomic E-state index is 10.5. The van der Waals surface area contributed by atoms with Crippen LogP contribution in [0.4, 0.5) is 14.1 Å². The summed E-state index contributed by atoms with van der Waals surface area (Å²) in [6.45, 7) is 0. The Morgan fingerprint density at radius 1 is 0.812 bits per heavy atom. The average Bonchev–Trinajstić information content (AvgIpc) is 2.04. The molecule has 1 aromatic carbocycles. The molecule has 0 atom stereocenters. The summed E-state index contributed by atoms with van der Waals surface area (Å²) in [6.07, 6.45) is 0. The fourth-order valence-electron chi connectivity index (χ4n) is 0.856. The average molecular weight is 237 g/mol. The van der Waals surface area contributed by atoms with Gasteiger partial charge < -0.3 is 10.2 Å². The smallest absolute Gasteiger partial charge is 0.336 e. The molecule has 0 saturated heterocycles. The van der Waals surface area contributed by atoms with Crippen molar-refractivity contribution in [3.05, 3.63) is 35.4 Å². The summed E-state index contributed by atoms with van der Waals surface area (Å²) >= 11 is 0. The van der Waals surface area contributed by atoms with E-state index in [1.165, 1.54) is 24.3 Å². The standard InChI is InChI=1S/C8H6O4.B.3FH/c9-7(10)5-3-1-2-4-6(5)8(11)12;;;;/h1-4H,(H,9,10)(H,11,12);;3*1H. The Kier molecular flexibility index (Phi) is 14.2. The Balaban J connectivity index is -0.000000180. The van der Waals surface area contributed by atoms with E-state index in [0.29, 0.717) is 0 Å². The molecule has 0 unspecified atom stereocenters. The van der Waals surface area contributed by atoms with Crippen LogP contribution in [-0.4, -0.2) is 30.6 Å². The molecular weight excluding hydrogens is 228 g/mol. The first-order valence-electron chi connectivity index (χ1n) is 3.18. The van der Waals surface area contributed by atoms with E-state index >= 15 is 0 Å². The van der Waals surface area contributed by atoms with Gasteiger partial charge in [0.25, 0.3) is 0 Å². The van der Waals surface area contributed by atoms with Crippen LogP contribution in [0.3, 0.4) is 0 Å². The zero-order valence-electron chi connectivity index (χ0n) is 7.82. The van der Waals surface area contributed by atoms with E-state index in [2.05, 4.69) is 0 Å². The van der Waals surface area contributed by atoms with Crippen molar-refractivity contribution in [1.29, 1.82) is 0 Å². The topological polar surface area (TPSA) is 74.6 Å². The second-order valence-electron chi connectivity index (χ2n) is 2.16. The molecule has 3 radical (unpaired) electrons. The molecule has 0 heterocycles. The van der Waals surface area contributed by atoms with E-state index in [0.717, 1.165) is 0 Å². The first-order chi connectivity index (χ1) is 5.63. The fourth-order valence-corrected chi connectivity index (χ4v) is 0.856. The maximum Gasteiger partial charge on any atom is 0.336 e. The number of hydrogen-bond acceptors (Lipinski definition) is 2. The Hall–Kier alpha value is -1.99. The Morgan fingerprint density at radius 3 is 1.25 bits per heavy atom. The lowest BCUT2D eigenvalue weighted by Crippen LogP contribution is -2.06. The zero-order chi connectivity index (χ0) is 9.14. The number of hydrogen-bond donors (Lipinski definition) is 2. The highest BCUT2D eigenvalue weighted by atomic mass is 19.0. The van der Waals surface area contributed by atoms with Crippen molar-refractivity contribution >= 4 is 20.4 Å². The molecule has 0 aliphatic heterocycles. The molecule has 0 aliphatic carbocycles. The van der Waals surface area contributed by atoms with Crippen LogP contribution in [0.1, 0.15) is 20.7 Å². The van der Waals surface area contributed by atoms with Crippen LogP contribution in [0.25, 0.3) is 0 Å². The predicted molar refractivity (Wildman–Crippen MR) is 53.6 cm³/mol. The highest BCUT2D eigenvalue weighted by Gasteiger charge is 2.13. The molecule has 0 aromatic heterocycles. The molecular formula is C8H9BF3O4. The van der Waals surface area contributed by atoms with E-state index in [1.54, 1.807) is 0 Å². The van der Waals surface area contributed by atoms with Crippen molar-refractivity contribution in [2.24, 2.45) is 0 Å². The van der Waals surface area contributed by atoms with E-state index in [1.807, 2.05) is 0 Å². The summed E-state index contributed by atoms with van der Waals surface area (Å²) in [4.78, 5) is 20.9. The lowest BCUT2D eigenvalue weighted by molar-refractivity contribution is 0.0651. The predicted octanol–water partition coefficient (Wildman–Crippen LogP) is 1.16. The summed E-state index contributed by atoms with van der Waals surface area (Å²) in [5.41, 5.74) is -0.380. The first-order valence-corrected chi connectivity index (χ1v) is 3.18. The molecule has 89 valence electrons. The molecule has 0 bridgehead atoms. The largest absolute Gasteiger partial charge is 0.478 e. The molecule has 2 N–H and O–H groups in total. The molecule has 0 amide bonds. The minimum absolute atomic E-state index is 0. The lowest BCUT2D eigenvalue weighted by atomic mass is 10.1. The van der Waals surface area contributed by atoms with Gasteiger partial charge in [0, 0.05) is 8.41 Å². The summed E-state index contributed by atoms with van der Waals surface area (Å²) in [6, 6.07) is 5.48. The van der Waals surface area contributed by atoms with Crippen LogP contribution in [-0.2, 0) is 0 Å². The Bertz CT molecular complexity index is 313. The molecule has 1 aromatic rings. The van der Waals surface area contributed by atoms with Gasteiger partial charge in [0.2, 0.25) is 0 Å². The highest BCUT2D eigenvalue weighted by molar-refractivity contribution is 6.01. The molecule has 0 spiro atoms. The molecule has 0 aliphatic rings. The lowest BCUT2D eigenvalue weighted by Gasteiger charge is -1.98. The van der Waals surface area contributed by atoms with Crippen LogP contribution in [0, 0.1) is 0 Å². The van der Waals surface area contributed by atoms with Gasteiger partial charge in [0.15, 0.2) is 0 Å². The van der Waals surface area contributed by atoms with Crippen LogP contribution < -0.4 is 0 Å². The fraction of sp³-hybridized carbons (Fsp3) is 0. The number of aromatic carboxylic acids is 2. The number of benzene rings is 1.